The van der Waals surface area contributed by atoms with Crippen LogP contribution >= 0.6 is 0 Å². The Labute approximate surface area is 113 Å². The molecule has 2 rings (SSSR count). The molecule has 0 radical (unpaired) electrons. The normalized spacial score (nSPS) is 11.3. The zero-order chi connectivity index (χ0) is 13.5. The van der Waals surface area contributed by atoms with Gasteiger partial charge in [-0.25, -0.2) is 0 Å². The molecule has 0 aliphatic heterocycles. The Bertz CT molecular complexity index is 461. The van der Waals surface area contributed by atoms with Crippen LogP contribution in [0.4, 0.5) is 0 Å². The highest BCUT2D eigenvalue weighted by Gasteiger charge is 2.07. The summed E-state index contributed by atoms with van der Waals surface area (Å²) in [7, 11) is 0. The molecule has 6 heteroatoms. The Morgan fingerprint density at radius 3 is 2.89 bits per heavy atom. The van der Waals surface area contributed by atoms with Gasteiger partial charge >= 0.3 is 0 Å². The Balaban J connectivity index is 1.74. The fraction of sp³-hybridized carbons (Fsp3) is 0.615. The van der Waals surface area contributed by atoms with E-state index in [1.54, 1.807) is 0 Å². The van der Waals surface area contributed by atoms with Crippen LogP contribution in [-0.4, -0.2) is 26.5 Å². The second-order valence-electron chi connectivity index (χ2n) is 4.53. The summed E-state index contributed by atoms with van der Waals surface area (Å²) in [6.07, 6.45) is 6.41. The van der Waals surface area contributed by atoms with Crippen molar-refractivity contribution in [1.82, 2.24) is 25.2 Å². The quantitative estimate of drug-likeness (QED) is 0.737. The van der Waals surface area contributed by atoms with E-state index in [4.69, 9.17) is 0 Å². The average molecular weight is 263 g/mol. The third-order valence-electron chi connectivity index (χ3n) is 3.22. The van der Waals surface area contributed by atoms with Gasteiger partial charge in [0.2, 0.25) is 6.39 Å². The summed E-state index contributed by atoms with van der Waals surface area (Å²) in [5, 5.41) is 11.7. The highest BCUT2D eigenvalue weighted by Crippen LogP contribution is 2.14. The van der Waals surface area contributed by atoms with E-state index in [0.29, 0.717) is 6.04 Å². The molecule has 0 fully saturated rings. The Hall–Kier alpha value is -1.69. The summed E-state index contributed by atoms with van der Waals surface area (Å²) < 4.78 is 6.75. The number of hydrogen-bond acceptors (Lipinski definition) is 5. The third-order valence-corrected chi connectivity index (χ3v) is 3.22. The van der Waals surface area contributed by atoms with Gasteiger partial charge in [-0.2, -0.15) is 10.1 Å². The molecule has 0 aromatic carbocycles. The molecular weight excluding hydrogens is 242 g/mol. The Morgan fingerprint density at radius 2 is 2.21 bits per heavy atom. The molecule has 2 aromatic rings. The van der Waals surface area contributed by atoms with Crippen LogP contribution in [0.25, 0.3) is 0 Å². The van der Waals surface area contributed by atoms with E-state index in [2.05, 4.69) is 55.9 Å². The summed E-state index contributed by atoms with van der Waals surface area (Å²) in [4.78, 5) is 3.97. The number of aromatic nitrogens is 4. The highest BCUT2D eigenvalue weighted by molar-refractivity contribution is 4.99. The Kier molecular flexibility index (Phi) is 5.09. The van der Waals surface area contributed by atoms with Gasteiger partial charge in [0.25, 0.3) is 0 Å². The molecule has 6 nitrogen and oxygen atoms in total. The van der Waals surface area contributed by atoms with Crippen LogP contribution in [-0.2, 0) is 13.0 Å². The van der Waals surface area contributed by atoms with E-state index < -0.39 is 0 Å². The predicted molar refractivity (Wildman–Crippen MR) is 71.6 cm³/mol. The predicted octanol–water partition coefficient (Wildman–Crippen LogP) is 1.96. The third kappa shape index (κ3) is 3.89. The van der Waals surface area contributed by atoms with Crippen molar-refractivity contribution >= 4 is 0 Å². The van der Waals surface area contributed by atoms with Gasteiger partial charge in [0, 0.05) is 25.7 Å². The number of rotatable bonds is 8. The minimum absolute atomic E-state index is 0.507. The second-order valence-corrected chi connectivity index (χ2v) is 4.53. The summed E-state index contributed by atoms with van der Waals surface area (Å²) in [5.74, 6) is 0.732. The van der Waals surface area contributed by atoms with Crippen molar-refractivity contribution in [2.45, 2.75) is 45.7 Å². The largest absolute Gasteiger partial charge is 0.343 e. The lowest BCUT2D eigenvalue weighted by Crippen LogP contribution is -2.18. The van der Waals surface area contributed by atoms with Crippen LogP contribution in [0.1, 0.15) is 44.2 Å². The zero-order valence-electron chi connectivity index (χ0n) is 11.5. The van der Waals surface area contributed by atoms with Crippen molar-refractivity contribution in [2.75, 3.05) is 6.54 Å². The molecule has 2 aromatic heterocycles. The molecule has 104 valence electrons. The molecule has 0 amide bonds. The van der Waals surface area contributed by atoms with Gasteiger partial charge in [-0.1, -0.05) is 19.0 Å². The minimum Gasteiger partial charge on any atom is -0.343 e. The molecule has 0 saturated heterocycles. The van der Waals surface area contributed by atoms with Gasteiger partial charge < -0.3 is 9.84 Å². The molecule has 0 atom stereocenters. The first-order chi connectivity index (χ1) is 9.33. The molecule has 0 spiro atoms. The summed E-state index contributed by atoms with van der Waals surface area (Å²) in [6, 6.07) is 2.58. The maximum Gasteiger partial charge on any atom is 0.213 e. The molecule has 1 N–H and O–H groups in total. The first-order valence-electron chi connectivity index (χ1n) is 6.83. The molecule has 2 heterocycles. The van der Waals surface area contributed by atoms with Crippen molar-refractivity contribution in [3.8, 4) is 0 Å². The fourth-order valence-corrected chi connectivity index (χ4v) is 2.06. The van der Waals surface area contributed by atoms with Crippen LogP contribution in [0.15, 0.2) is 23.2 Å². The molecule has 19 heavy (non-hydrogen) atoms. The molecule has 0 unspecified atom stereocenters. The first-order valence-corrected chi connectivity index (χ1v) is 6.83. The summed E-state index contributed by atoms with van der Waals surface area (Å²) >= 11 is 0. The standard InChI is InChI=1S/C13H21N5O/c1-3-12(4-2)18-8-6-11(16-18)9-14-7-5-13-15-10-19-17-13/h6,8,10,12,14H,3-5,7,9H2,1-2H3. The van der Waals surface area contributed by atoms with Crippen molar-refractivity contribution in [3.63, 3.8) is 0 Å². The van der Waals surface area contributed by atoms with Crippen LogP contribution in [0, 0.1) is 0 Å². The minimum atomic E-state index is 0.507. The second kappa shape index (κ2) is 7.04. The van der Waals surface area contributed by atoms with Gasteiger partial charge in [0.15, 0.2) is 5.82 Å². The van der Waals surface area contributed by atoms with Gasteiger partial charge in [0.1, 0.15) is 0 Å². The lowest BCUT2D eigenvalue weighted by Gasteiger charge is -2.12. The first kappa shape index (κ1) is 13.7. The maximum absolute atomic E-state index is 4.68. The Morgan fingerprint density at radius 1 is 1.37 bits per heavy atom. The topological polar surface area (TPSA) is 68.8 Å². The van der Waals surface area contributed by atoms with Crippen molar-refractivity contribution in [2.24, 2.45) is 0 Å². The van der Waals surface area contributed by atoms with E-state index in [9.17, 15) is 0 Å². The average Bonchev–Trinajstić information content (AvgIpc) is 3.08. The van der Waals surface area contributed by atoms with Crippen molar-refractivity contribution in [3.05, 3.63) is 30.2 Å². The van der Waals surface area contributed by atoms with Crippen molar-refractivity contribution in [1.29, 1.82) is 0 Å². The van der Waals surface area contributed by atoms with Gasteiger partial charge in [0.05, 0.1) is 11.7 Å². The molecule has 0 bridgehead atoms. The van der Waals surface area contributed by atoms with E-state index in [1.165, 1.54) is 6.39 Å². The van der Waals surface area contributed by atoms with Gasteiger partial charge in [-0.15, -0.1) is 0 Å². The smallest absolute Gasteiger partial charge is 0.213 e. The summed E-state index contributed by atoms with van der Waals surface area (Å²) in [6.45, 7) is 5.97. The lowest BCUT2D eigenvalue weighted by molar-refractivity contribution is 0.409. The van der Waals surface area contributed by atoms with E-state index in [-0.39, 0.29) is 0 Å². The van der Waals surface area contributed by atoms with E-state index in [1.807, 2.05) is 0 Å². The number of hydrogen-bond donors (Lipinski definition) is 1. The van der Waals surface area contributed by atoms with Gasteiger partial charge in [-0.3, -0.25) is 4.68 Å². The molecule has 0 aliphatic rings. The number of nitrogens with one attached hydrogen (secondary N) is 1. The van der Waals surface area contributed by atoms with E-state index >= 15 is 0 Å². The maximum atomic E-state index is 4.68. The number of nitrogens with zero attached hydrogens (tertiary/aromatic N) is 4. The molecule has 0 aliphatic carbocycles. The van der Waals surface area contributed by atoms with Gasteiger partial charge in [-0.05, 0) is 18.9 Å². The van der Waals surface area contributed by atoms with Crippen LogP contribution in [0.3, 0.4) is 0 Å². The van der Waals surface area contributed by atoms with Crippen LogP contribution < -0.4 is 5.32 Å². The lowest BCUT2D eigenvalue weighted by atomic mass is 10.2. The highest BCUT2D eigenvalue weighted by atomic mass is 16.5. The molecular formula is C13H21N5O. The zero-order valence-corrected chi connectivity index (χ0v) is 11.5. The van der Waals surface area contributed by atoms with Crippen LogP contribution in [0.2, 0.25) is 0 Å². The molecule has 0 saturated carbocycles. The van der Waals surface area contributed by atoms with E-state index in [0.717, 1.165) is 43.9 Å². The van der Waals surface area contributed by atoms with Crippen LogP contribution in [0.5, 0.6) is 0 Å². The summed E-state index contributed by atoms with van der Waals surface area (Å²) in [5.41, 5.74) is 1.07. The fourth-order valence-electron chi connectivity index (χ4n) is 2.06. The SMILES string of the molecule is CCC(CC)n1ccc(CNCCc2ncon2)n1. The monoisotopic (exact) mass is 263 g/mol. The van der Waals surface area contributed by atoms with Crippen molar-refractivity contribution < 1.29 is 4.52 Å².